The molecule has 7 heteroatoms. The highest BCUT2D eigenvalue weighted by atomic mass is 35.5. The maximum Gasteiger partial charge on any atom is 0.507 e. The number of alkyl halides is 2. The van der Waals surface area contributed by atoms with Crippen molar-refractivity contribution in [3.63, 3.8) is 0 Å². The number of nitrogens with zero attached hydrogens (tertiary/aromatic N) is 1. The van der Waals surface area contributed by atoms with Crippen LogP contribution in [0.25, 0.3) is 0 Å². The van der Waals surface area contributed by atoms with Gasteiger partial charge in [0.25, 0.3) is 0 Å². The van der Waals surface area contributed by atoms with E-state index in [0.717, 1.165) is 5.56 Å². The average Bonchev–Trinajstić information content (AvgIpc) is 2.31. The zero-order valence-electron chi connectivity index (χ0n) is 9.91. The molecule has 1 heterocycles. The average molecular weight is 279 g/mol. The predicted molar refractivity (Wildman–Crippen MR) is 64.4 cm³/mol. The van der Waals surface area contributed by atoms with Gasteiger partial charge in [0.2, 0.25) is 0 Å². The third kappa shape index (κ3) is 4.95. The highest BCUT2D eigenvalue weighted by molar-refractivity contribution is 6.30. The molecule has 18 heavy (non-hydrogen) atoms. The summed E-state index contributed by atoms with van der Waals surface area (Å²) >= 11 is 5.73. The van der Waals surface area contributed by atoms with Gasteiger partial charge in [-0.05, 0) is 25.5 Å². The Morgan fingerprint density at radius 3 is 2.83 bits per heavy atom. The fourth-order valence-corrected chi connectivity index (χ4v) is 1.10. The summed E-state index contributed by atoms with van der Waals surface area (Å²) < 4.78 is 30.2. The van der Waals surface area contributed by atoms with E-state index in [4.69, 9.17) is 11.6 Å². The summed E-state index contributed by atoms with van der Waals surface area (Å²) in [5.41, 5.74) is 2.72. The molecule has 100 valence electrons. The van der Waals surface area contributed by atoms with Crippen LogP contribution in [-0.2, 0) is 9.57 Å². The van der Waals surface area contributed by atoms with Crippen LogP contribution in [0.5, 0.6) is 0 Å². The van der Waals surface area contributed by atoms with E-state index in [9.17, 15) is 8.78 Å². The van der Waals surface area contributed by atoms with Gasteiger partial charge in [0, 0.05) is 0 Å². The Morgan fingerprint density at radius 1 is 1.50 bits per heavy atom. The number of anilines is 1. The molecular formula is C11H13ClF2N2O2. The Labute approximate surface area is 109 Å². The molecule has 0 aliphatic carbocycles. The molecule has 0 saturated heterocycles. The highest BCUT2D eigenvalue weighted by Crippen LogP contribution is 2.20. The van der Waals surface area contributed by atoms with Crippen molar-refractivity contribution in [2.24, 2.45) is 0 Å². The quantitative estimate of drug-likeness (QED) is 0.374. The second kappa shape index (κ2) is 6.63. The van der Waals surface area contributed by atoms with E-state index in [2.05, 4.69) is 14.6 Å². The maximum absolute atomic E-state index is 13.0. The second-order valence-corrected chi connectivity index (χ2v) is 3.71. The third-order valence-electron chi connectivity index (χ3n) is 1.89. The zero-order chi connectivity index (χ0) is 13.6. The molecule has 0 spiro atoms. The molecule has 0 fully saturated rings. The van der Waals surface area contributed by atoms with E-state index in [0.29, 0.717) is 0 Å². The van der Waals surface area contributed by atoms with Crippen molar-refractivity contribution in [2.45, 2.75) is 20.1 Å². The van der Waals surface area contributed by atoms with E-state index in [1.165, 1.54) is 12.1 Å². The number of hydrogen-bond donors (Lipinski definition) is 1. The molecule has 0 atom stereocenters. The Hall–Kier alpha value is -1.24. The number of aromatic nitrogens is 1. The van der Waals surface area contributed by atoms with Crippen molar-refractivity contribution < 1.29 is 18.4 Å². The monoisotopic (exact) mass is 278 g/mol. The fraction of sp³-hybridized carbons (Fsp3) is 0.364. The van der Waals surface area contributed by atoms with Crippen molar-refractivity contribution in [1.82, 2.24) is 4.98 Å². The molecule has 0 radical (unpaired) electrons. The van der Waals surface area contributed by atoms with Crippen LogP contribution >= 0.6 is 11.6 Å². The molecule has 4 nitrogen and oxygen atoms in total. The van der Waals surface area contributed by atoms with Gasteiger partial charge in [-0.1, -0.05) is 29.8 Å². The van der Waals surface area contributed by atoms with Crippen LogP contribution in [-0.4, -0.2) is 17.9 Å². The molecular weight excluding hydrogens is 266 g/mol. The van der Waals surface area contributed by atoms with Crippen LogP contribution in [0.1, 0.15) is 12.5 Å². The van der Waals surface area contributed by atoms with Gasteiger partial charge in [-0.3, -0.25) is 4.74 Å². The number of allylic oxidation sites excluding steroid dienone is 1. The molecule has 1 aromatic heterocycles. The summed E-state index contributed by atoms with van der Waals surface area (Å²) in [7, 11) is 0. The Kier molecular flexibility index (Phi) is 5.46. The molecule has 0 amide bonds. The zero-order valence-corrected chi connectivity index (χ0v) is 10.7. The molecule has 1 aromatic rings. The first-order valence-electron chi connectivity index (χ1n) is 5.14. The van der Waals surface area contributed by atoms with Gasteiger partial charge in [0.15, 0.2) is 5.82 Å². The normalized spacial score (nSPS) is 12.1. The largest absolute Gasteiger partial charge is 0.507 e. The Bertz CT molecular complexity index is 428. The number of pyridine rings is 1. The number of aryl methyl sites for hydroxylation is 1. The van der Waals surface area contributed by atoms with Crippen molar-refractivity contribution >= 4 is 17.4 Å². The van der Waals surface area contributed by atoms with Crippen LogP contribution < -0.4 is 5.48 Å². The van der Waals surface area contributed by atoms with Gasteiger partial charge in [-0.25, -0.2) is 10.5 Å². The topological polar surface area (TPSA) is 43.4 Å². The lowest BCUT2D eigenvalue weighted by atomic mass is 10.3. The lowest BCUT2D eigenvalue weighted by Crippen LogP contribution is -2.28. The van der Waals surface area contributed by atoms with E-state index < -0.39 is 6.29 Å². The molecule has 0 aromatic carbocycles. The minimum Gasteiger partial charge on any atom is -0.290 e. The summed E-state index contributed by atoms with van der Waals surface area (Å²) in [4.78, 5) is 7.90. The first-order chi connectivity index (χ1) is 8.44. The number of ether oxygens (including phenoxy) is 1. The molecule has 0 aliphatic rings. The highest BCUT2D eigenvalue weighted by Gasteiger charge is 2.32. The van der Waals surface area contributed by atoms with E-state index in [1.54, 1.807) is 26.0 Å². The fourth-order valence-electron chi connectivity index (χ4n) is 0.943. The second-order valence-electron chi connectivity index (χ2n) is 3.35. The third-order valence-corrected chi connectivity index (χ3v) is 2.28. The van der Waals surface area contributed by atoms with Crippen molar-refractivity contribution in [1.29, 1.82) is 0 Å². The van der Waals surface area contributed by atoms with Gasteiger partial charge >= 0.3 is 6.29 Å². The number of rotatable bonds is 6. The smallest absolute Gasteiger partial charge is 0.290 e. The van der Waals surface area contributed by atoms with Gasteiger partial charge in [-0.15, -0.1) is 8.78 Å². The summed E-state index contributed by atoms with van der Waals surface area (Å²) in [6, 6.07) is 3.09. The van der Waals surface area contributed by atoms with E-state index in [1.807, 2.05) is 5.48 Å². The SMILES string of the molecule is C/C=C\COC(F)(F)ONc1ccc(C)c(Cl)n1. The van der Waals surface area contributed by atoms with Gasteiger partial charge in [0.1, 0.15) is 5.15 Å². The predicted octanol–water partition coefficient (Wildman–Crippen LogP) is 3.53. The van der Waals surface area contributed by atoms with Gasteiger partial charge in [0.05, 0.1) is 6.61 Å². The van der Waals surface area contributed by atoms with Crippen LogP contribution in [0.4, 0.5) is 14.6 Å². The van der Waals surface area contributed by atoms with Crippen LogP contribution in [0.2, 0.25) is 5.15 Å². The molecule has 0 aliphatic heterocycles. The molecule has 0 unspecified atom stereocenters. The summed E-state index contributed by atoms with van der Waals surface area (Å²) in [6.07, 6.45) is -0.734. The van der Waals surface area contributed by atoms with E-state index in [-0.39, 0.29) is 17.6 Å². The van der Waals surface area contributed by atoms with Gasteiger partial charge in [-0.2, -0.15) is 4.84 Å². The maximum atomic E-state index is 13.0. The Balaban J connectivity index is 2.50. The van der Waals surface area contributed by atoms with Gasteiger partial charge < -0.3 is 0 Å². The van der Waals surface area contributed by atoms with Crippen LogP contribution in [0.15, 0.2) is 24.3 Å². The van der Waals surface area contributed by atoms with Crippen molar-refractivity contribution in [2.75, 3.05) is 12.1 Å². The standard InChI is InChI=1S/C11H13ClF2N2O2/c1-3-4-7-17-11(13,14)18-16-9-6-5-8(2)10(12)15-9/h3-6H,7H2,1-2H3,(H,15,16)/b4-3-. The van der Waals surface area contributed by atoms with Crippen molar-refractivity contribution in [3.8, 4) is 0 Å². The summed E-state index contributed by atoms with van der Waals surface area (Å²) in [6.45, 7) is 3.18. The lowest BCUT2D eigenvalue weighted by molar-refractivity contribution is -0.379. The molecule has 0 saturated carbocycles. The summed E-state index contributed by atoms with van der Waals surface area (Å²) in [5, 5.41) is 0.210. The molecule has 1 rings (SSSR count). The lowest BCUT2D eigenvalue weighted by Gasteiger charge is -2.15. The van der Waals surface area contributed by atoms with Crippen molar-refractivity contribution in [3.05, 3.63) is 35.0 Å². The van der Waals surface area contributed by atoms with E-state index >= 15 is 0 Å². The van der Waals surface area contributed by atoms with Crippen LogP contribution in [0.3, 0.4) is 0 Å². The first-order valence-corrected chi connectivity index (χ1v) is 5.52. The molecule has 0 bridgehead atoms. The Morgan fingerprint density at radius 2 is 2.22 bits per heavy atom. The first kappa shape index (κ1) is 14.8. The summed E-state index contributed by atoms with van der Waals surface area (Å²) in [5.74, 6) is 0.0694. The number of hydrogen-bond acceptors (Lipinski definition) is 4. The number of nitrogens with one attached hydrogen (secondary N) is 1. The minimum atomic E-state index is -3.75. The minimum absolute atomic E-state index is 0.0694. The number of halogens is 3. The molecule has 1 N–H and O–H groups in total. The van der Waals surface area contributed by atoms with Crippen LogP contribution in [0, 0.1) is 6.92 Å².